The van der Waals surface area contributed by atoms with Crippen molar-refractivity contribution >= 4 is 5.97 Å². The predicted molar refractivity (Wildman–Crippen MR) is 45.2 cm³/mol. The second-order valence-corrected chi connectivity index (χ2v) is 4.07. The van der Waals surface area contributed by atoms with E-state index in [9.17, 15) is 23.1 Å². The predicted octanol–water partition coefficient (Wildman–Crippen LogP) is 1.94. The lowest BCUT2D eigenvalue weighted by molar-refractivity contribution is -0.272. The molecule has 6 heteroatoms. The topological polar surface area (TPSA) is 57.5 Å². The minimum Gasteiger partial charge on any atom is -0.481 e. The maximum atomic E-state index is 12.3. The molecular formula is C9H13F3O3. The first-order valence-electron chi connectivity index (χ1n) is 4.75. The minimum atomic E-state index is -4.61. The molecule has 1 fully saturated rings. The van der Waals surface area contributed by atoms with E-state index >= 15 is 0 Å². The van der Waals surface area contributed by atoms with E-state index in [1.807, 2.05) is 0 Å². The largest absolute Gasteiger partial charge is 0.481 e. The van der Waals surface area contributed by atoms with E-state index in [1.54, 1.807) is 0 Å². The van der Waals surface area contributed by atoms with Crippen LogP contribution in [0.2, 0.25) is 0 Å². The third-order valence-corrected chi connectivity index (χ3v) is 2.92. The highest BCUT2D eigenvalue weighted by atomic mass is 19.4. The lowest BCUT2D eigenvalue weighted by atomic mass is 9.77. The Morgan fingerprint density at radius 1 is 1.33 bits per heavy atom. The summed E-state index contributed by atoms with van der Waals surface area (Å²) < 4.78 is 37.0. The molecule has 1 rings (SSSR count). The summed E-state index contributed by atoms with van der Waals surface area (Å²) in [7, 11) is 0. The molecule has 0 unspecified atom stereocenters. The number of carboxylic acids is 1. The van der Waals surface area contributed by atoms with Crippen LogP contribution in [0.4, 0.5) is 13.2 Å². The van der Waals surface area contributed by atoms with Gasteiger partial charge in [-0.1, -0.05) is 0 Å². The van der Waals surface area contributed by atoms with E-state index in [4.69, 9.17) is 5.11 Å². The van der Waals surface area contributed by atoms with Gasteiger partial charge < -0.3 is 10.2 Å². The molecule has 0 spiro atoms. The molecule has 0 heterocycles. The van der Waals surface area contributed by atoms with Gasteiger partial charge in [0.25, 0.3) is 0 Å². The summed E-state index contributed by atoms with van der Waals surface area (Å²) in [5, 5.41) is 17.8. The highest BCUT2D eigenvalue weighted by molar-refractivity contribution is 5.67. The van der Waals surface area contributed by atoms with Crippen molar-refractivity contribution in [3.8, 4) is 0 Å². The van der Waals surface area contributed by atoms with Gasteiger partial charge in [0.15, 0.2) is 5.60 Å². The van der Waals surface area contributed by atoms with Crippen LogP contribution in [0.5, 0.6) is 0 Å². The van der Waals surface area contributed by atoms with Crippen LogP contribution in [-0.2, 0) is 4.79 Å². The zero-order valence-corrected chi connectivity index (χ0v) is 8.05. The number of aliphatic hydroxyl groups is 1. The van der Waals surface area contributed by atoms with Gasteiger partial charge in [0.1, 0.15) is 0 Å². The number of hydrogen-bond acceptors (Lipinski definition) is 2. The Labute approximate surface area is 84.9 Å². The van der Waals surface area contributed by atoms with Crippen molar-refractivity contribution in [3.05, 3.63) is 0 Å². The Kier molecular flexibility index (Phi) is 3.28. The van der Waals surface area contributed by atoms with Crippen LogP contribution < -0.4 is 0 Å². The molecule has 15 heavy (non-hydrogen) atoms. The monoisotopic (exact) mass is 226 g/mol. The molecule has 0 radical (unpaired) electrons. The quantitative estimate of drug-likeness (QED) is 0.756. The molecular weight excluding hydrogens is 213 g/mol. The first kappa shape index (κ1) is 12.3. The van der Waals surface area contributed by atoms with Gasteiger partial charge in [-0.3, -0.25) is 4.79 Å². The molecule has 88 valence electrons. The van der Waals surface area contributed by atoms with Crippen molar-refractivity contribution in [2.75, 3.05) is 0 Å². The van der Waals surface area contributed by atoms with Crippen LogP contribution in [0.15, 0.2) is 0 Å². The number of halogens is 3. The van der Waals surface area contributed by atoms with Crippen LogP contribution in [0.1, 0.15) is 32.1 Å². The van der Waals surface area contributed by atoms with E-state index in [-0.39, 0.29) is 25.2 Å². The number of carbonyl (C=O) groups is 1. The molecule has 0 aromatic carbocycles. The Morgan fingerprint density at radius 3 is 2.13 bits per heavy atom. The summed E-state index contributed by atoms with van der Waals surface area (Å²) in [5.41, 5.74) is -2.61. The van der Waals surface area contributed by atoms with Gasteiger partial charge >= 0.3 is 12.1 Å². The molecule has 0 bridgehead atoms. The fourth-order valence-corrected chi connectivity index (χ4v) is 1.89. The molecule has 0 amide bonds. The SMILES string of the molecule is O=C(O)CC1CCC(O)(C(F)(F)F)CC1. The molecule has 1 aliphatic carbocycles. The van der Waals surface area contributed by atoms with Gasteiger partial charge in [0.05, 0.1) is 0 Å². The Balaban J connectivity index is 2.52. The van der Waals surface area contributed by atoms with Gasteiger partial charge in [-0.25, -0.2) is 0 Å². The first-order chi connectivity index (χ1) is 6.74. The van der Waals surface area contributed by atoms with E-state index in [1.165, 1.54) is 0 Å². The first-order valence-corrected chi connectivity index (χ1v) is 4.75. The molecule has 0 saturated heterocycles. The lowest BCUT2D eigenvalue weighted by Gasteiger charge is -2.36. The fraction of sp³-hybridized carbons (Fsp3) is 0.889. The summed E-state index contributed by atoms with van der Waals surface area (Å²) >= 11 is 0. The van der Waals surface area contributed by atoms with Crippen LogP contribution >= 0.6 is 0 Å². The maximum Gasteiger partial charge on any atom is 0.417 e. The molecule has 0 aromatic heterocycles. The third-order valence-electron chi connectivity index (χ3n) is 2.92. The van der Waals surface area contributed by atoms with Gasteiger partial charge in [-0.2, -0.15) is 13.2 Å². The maximum absolute atomic E-state index is 12.3. The summed E-state index contributed by atoms with van der Waals surface area (Å²) in [6, 6.07) is 0. The fourth-order valence-electron chi connectivity index (χ4n) is 1.89. The molecule has 0 atom stereocenters. The number of rotatable bonds is 2. The molecule has 1 saturated carbocycles. The van der Waals surface area contributed by atoms with Crippen LogP contribution in [0, 0.1) is 5.92 Å². The zero-order valence-electron chi connectivity index (χ0n) is 8.05. The summed E-state index contributed by atoms with van der Waals surface area (Å²) in [6.45, 7) is 0. The molecule has 2 N–H and O–H groups in total. The molecule has 1 aliphatic rings. The third kappa shape index (κ3) is 2.84. The van der Waals surface area contributed by atoms with E-state index < -0.39 is 30.6 Å². The second kappa shape index (κ2) is 4.00. The smallest absolute Gasteiger partial charge is 0.417 e. The lowest BCUT2D eigenvalue weighted by Crippen LogP contribution is -2.47. The summed E-state index contributed by atoms with van der Waals surface area (Å²) in [6.07, 6.45) is -5.29. The standard InChI is InChI=1S/C9H13F3O3/c10-9(11,12)8(15)3-1-6(2-4-8)5-7(13)14/h6,15H,1-5H2,(H,13,14). The van der Waals surface area contributed by atoms with Crippen molar-refractivity contribution in [1.29, 1.82) is 0 Å². The van der Waals surface area contributed by atoms with Crippen LogP contribution in [0.25, 0.3) is 0 Å². The van der Waals surface area contributed by atoms with Gasteiger partial charge in [0.2, 0.25) is 0 Å². The van der Waals surface area contributed by atoms with Crippen molar-refractivity contribution < 1.29 is 28.2 Å². The van der Waals surface area contributed by atoms with E-state index in [0.717, 1.165) is 0 Å². The van der Waals surface area contributed by atoms with Crippen molar-refractivity contribution in [2.24, 2.45) is 5.92 Å². The average Bonchev–Trinajstić information content (AvgIpc) is 2.06. The highest BCUT2D eigenvalue weighted by Gasteiger charge is 2.54. The van der Waals surface area contributed by atoms with Gasteiger partial charge in [0, 0.05) is 6.42 Å². The molecule has 0 aromatic rings. The van der Waals surface area contributed by atoms with Gasteiger partial charge in [-0.15, -0.1) is 0 Å². The number of carboxylic acid groups (broad SMARTS) is 1. The van der Waals surface area contributed by atoms with Crippen LogP contribution in [-0.4, -0.2) is 28.0 Å². The number of alkyl halides is 3. The number of aliphatic carboxylic acids is 1. The van der Waals surface area contributed by atoms with E-state index in [2.05, 4.69) is 0 Å². The molecule has 0 aliphatic heterocycles. The second-order valence-electron chi connectivity index (χ2n) is 4.07. The van der Waals surface area contributed by atoms with Crippen LogP contribution in [0.3, 0.4) is 0 Å². The normalized spacial score (nSPS) is 32.7. The van der Waals surface area contributed by atoms with Crippen molar-refractivity contribution in [3.63, 3.8) is 0 Å². The summed E-state index contributed by atoms with van der Waals surface area (Å²) in [5.74, 6) is -1.25. The zero-order chi connectivity index (χ0) is 11.7. The molecule has 3 nitrogen and oxygen atoms in total. The summed E-state index contributed by atoms with van der Waals surface area (Å²) in [4.78, 5) is 10.3. The van der Waals surface area contributed by atoms with Gasteiger partial charge in [-0.05, 0) is 31.6 Å². The average molecular weight is 226 g/mol. The Hall–Kier alpha value is -0.780. The van der Waals surface area contributed by atoms with Crippen molar-refractivity contribution in [1.82, 2.24) is 0 Å². The Morgan fingerprint density at radius 2 is 1.80 bits per heavy atom. The minimum absolute atomic E-state index is 0.113. The Bertz CT molecular complexity index is 241. The van der Waals surface area contributed by atoms with E-state index in [0.29, 0.717) is 0 Å². The number of hydrogen-bond donors (Lipinski definition) is 2. The highest BCUT2D eigenvalue weighted by Crippen LogP contribution is 2.43. The van der Waals surface area contributed by atoms with Crippen molar-refractivity contribution in [2.45, 2.75) is 43.9 Å².